The van der Waals surface area contributed by atoms with Gasteiger partial charge in [-0.25, -0.2) is 0 Å². The van der Waals surface area contributed by atoms with E-state index < -0.39 is 22.4 Å². The molecule has 0 saturated carbocycles. The molecule has 1 atom stereocenters. The van der Waals surface area contributed by atoms with E-state index in [0.29, 0.717) is 6.07 Å². The Morgan fingerprint density at radius 2 is 2.05 bits per heavy atom. The number of benzene rings is 1. The van der Waals surface area contributed by atoms with Gasteiger partial charge >= 0.3 is 6.18 Å². The molecule has 1 saturated heterocycles. The summed E-state index contributed by atoms with van der Waals surface area (Å²) in [6.07, 6.45) is -2.06. The second-order valence-electron chi connectivity index (χ2n) is 5.01. The lowest BCUT2D eigenvalue weighted by atomic mass is 10.1. The molecule has 0 bridgehead atoms. The first-order valence-corrected chi connectivity index (χ1v) is 6.71. The molecule has 0 spiro atoms. The van der Waals surface area contributed by atoms with Crippen LogP contribution in [-0.2, 0) is 6.18 Å². The van der Waals surface area contributed by atoms with Gasteiger partial charge in [0.05, 0.1) is 10.5 Å². The minimum Gasteiger partial charge on any atom is -0.377 e. The highest BCUT2D eigenvalue weighted by molar-refractivity contribution is 5.63. The number of rotatable bonds is 3. The lowest BCUT2D eigenvalue weighted by molar-refractivity contribution is -0.384. The molecule has 1 fully saturated rings. The van der Waals surface area contributed by atoms with Crippen LogP contribution in [0.25, 0.3) is 0 Å². The van der Waals surface area contributed by atoms with E-state index >= 15 is 0 Å². The van der Waals surface area contributed by atoms with Gasteiger partial charge in [0.1, 0.15) is 5.69 Å². The van der Waals surface area contributed by atoms with Crippen molar-refractivity contribution in [1.29, 1.82) is 0 Å². The summed E-state index contributed by atoms with van der Waals surface area (Å²) in [4.78, 5) is 10.2. The fraction of sp³-hybridized carbons (Fsp3) is 0.538. The second kappa shape index (κ2) is 6.30. The predicted molar refractivity (Wildman–Crippen MR) is 72.2 cm³/mol. The summed E-state index contributed by atoms with van der Waals surface area (Å²) in [7, 11) is 0. The molecule has 1 aliphatic rings. The molecule has 1 heterocycles. The van der Waals surface area contributed by atoms with Crippen molar-refractivity contribution in [2.75, 3.05) is 18.4 Å². The Morgan fingerprint density at radius 1 is 1.29 bits per heavy atom. The van der Waals surface area contributed by atoms with Crippen molar-refractivity contribution in [3.05, 3.63) is 33.9 Å². The summed E-state index contributed by atoms with van der Waals surface area (Å²) in [6, 6.07) is 2.61. The van der Waals surface area contributed by atoms with Crippen molar-refractivity contribution < 1.29 is 18.1 Å². The molecule has 1 unspecified atom stereocenters. The van der Waals surface area contributed by atoms with Crippen molar-refractivity contribution in [2.24, 2.45) is 0 Å². The van der Waals surface area contributed by atoms with Crippen molar-refractivity contribution in [2.45, 2.75) is 31.5 Å². The van der Waals surface area contributed by atoms with Crippen LogP contribution in [0.3, 0.4) is 0 Å². The zero-order chi connectivity index (χ0) is 15.5. The van der Waals surface area contributed by atoms with Gasteiger partial charge in [-0.2, -0.15) is 13.2 Å². The van der Waals surface area contributed by atoms with Crippen LogP contribution in [-0.4, -0.2) is 24.1 Å². The van der Waals surface area contributed by atoms with Crippen molar-refractivity contribution >= 4 is 11.4 Å². The maximum Gasteiger partial charge on any atom is 0.416 e. The summed E-state index contributed by atoms with van der Waals surface area (Å²) in [5.74, 6) is 0. The molecule has 0 aliphatic carbocycles. The van der Waals surface area contributed by atoms with E-state index in [0.717, 1.165) is 44.5 Å². The zero-order valence-corrected chi connectivity index (χ0v) is 11.2. The van der Waals surface area contributed by atoms with Crippen molar-refractivity contribution in [1.82, 2.24) is 5.32 Å². The topological polar surface area (TPSA) is 67.2 Å². The van der Waals surface area contributed by atoms with Gasteiger partial charge in [-0.3, -0.25) is 10.1 Å². The van der Waals surface area contributed by atoms with Crippen molar-refractivity contribution in [3.63, 3.8) is 0 Å². The quantitative estimate of drug-likeness (QED) is 0.665. The Balaban J connectivity index is 2.24. The minimum absolute atomic E-state index is 0.0236. The number of nitrogens with one attached hydrogen (secondary N) is 2. The van der Waals surface area contributed by atoms with Gasteiger partial charge in [0.15, 0.2) is 0 Å². The van der Waals surface area contributed by atoms with E-state index in [2.05, 4.69) is 10.6 Å². The lowest BCUT2D eigenvalue weighted by Gasteiger charge is -2.18. The molecule has 0 aromatic heterocycles. The monoisotopic (exact) mass is 303 g/mol. The fourth-order valence-electron chi connectivity index (χ4n) is 2.36. The first-order valence-electron chi connectivity index (χ1n) is 6.71. The number of hydrogen-bond donors (Lipinski definition) is 2. The number of nitro groups is 1. The second-order valence-corrected chi connectivity index (χ2v) is 5.01. The standard InChI is InChI=1S/C13H16F3N3O2/c14-13(15,16)9-3-4-11(12(8-9)19(20)21)18-10-2-1-6-17-7-5-10/h3-4,8,10,17-18H,1-2,5-7H2. The van der Waals surface area contributed by atoms with Crippen LogP contribution in [0.2, 0.25) is 0 Å². The molecule has 2 rings (SSSR count). The summed E-state index contributed by atoms with van der Waals surface area (Å²) < 4.78 is 37.9. The van der Waals surface area contributed by atoms with Crippen LogP contribution >= 0.6 is 0 Å². The van der Waals surface area contributed by atoms with Crippen LogP contribution in [0.1, 0.15) is 24.8 Å². The summed E-state index contributed by atoms with van der Waals surface area (Å²) in [6.45, 7) is 1.67. The Labute approximate surface area is 119 Å². The van der Waals surface area contributed by atoms with E-state index in [4.69, 9.17) is 0 Å². The molecule has 1 aromatic carbocycles. The third-order valence-electron chi connectivity index (χ3n) is 3.46. The maximum atomic E-state index is 12.6. The lowest BCUT2D eigenvalue weighted by Crippen LogP contribution is -2.22. The number of halogens is 3. The number of nitrogens with zero attached hydrogens (tertiary/aromatic N) is 1. The van der Waals surface area contributed by atoms with Crippen LogP contribution in [0.5, 0.6) is 0 Å². The van der Waals surface area contributed by atoms with Gasteiger partial charge in [-0.1, -0.05) is 0 Å². The van der Waals surface area contributed by atoms with Crippen LogP contribution in [0.4, 0.5) is 24.5 Å². The zero-order valence-electron chi connectivity index (χ0n) is 11.2. The van der Waals surface area contributed by atoms with Crippen LogP contribution in [0, 0.1) is 10.1 Å². The fourth-order valence-corrected chi connectivity index (χ4v) is 2.36. The Morgan fingerprint density at radius 3 is 2.71 bits per heavy atom. The molecular weight excluding hydrogens is 287 g/mol. The summed E-state index contributed by atoms with van der Waals surface area (Å²) in [5, 5.41) is 17.2. The number of alkyl halides is 3. The highest BCUT2D eigenvalue weighted by atomic mass is 19.4. The number of nitro benzene ring substituents is 1. The van der Waals surface area contributed by atoms with Gasteiger partial charge in [-0.05, 0) is 44.5 Å². The molecule has 1 aromatic rings. The van der Waals surface area contributed by atoms with Gasteiger partial charge in [0, 0.05) is 12.1 Å². The van der Waals surface area contributed by atoms with E-state index in [1.165, 1.54) is 0 Å². The number of anilines is 1. The molecule has 2 N–H and O–H groups in total. The third-order valence-corrected chi connectivity index (χ3v) is 3.46. The van der Waals surface area contributed by atoms with E-state index in [-0.39, 0.29) is 11.7 Å². The number of hydrogen-bond acceptors (Lipinski definition) is 4. The van der Waals surface area contributed by atoms with Crippen LogP contribution in [0.15, 0.2) is 18.2 Å². The van der Waals surface area contributed by atoms with E-state index in [9.17, 15) is 23.3 Å². The van der Waals surface area contributed by atoms with Crippen molar-refractivity contribution in [3.8, 4) is 0 Å². The highest BCUT2D eigenvalue weighted by Crippen LogP contribution is 2.35. The van der Waals surface area contributed by atoms with Gasteiger partial charge < -0.3 is 10.6 Å². The first kappa shape index (κ1) is 15.6. The van der Waals surface area contributed by atoms with Gasteiger partial charge in [-0.15, -0.1) is 0 Å². The highest BCUT2D eigenvalue weighted by Gasteiger charge is 2.33. The first-order chi connectivity index (χ1) is 9.88. The normalized spacial score (nSPS) is 19.9. The molecule has 0 amide bonds. The molecule has 1 aliphatic heterocycles. The summed E-state index contributed by atoms with van der Waals surface area (Å²) in [5.41, 5.74) is -1.41. The predicted octanol–water partition coefficient (Wildman–Crippen LogP) is 3.17. The SMILES string of the molecule is O=[N+]([O-])c1cc(C(F)(F)F)ccc1NC1CCCNCC1. The maximum absolute atomic E-state index is 12.6. The van der Waals surface area contributed by atoms with Gasteiger partial charge in [0.2, 0.25) is 0 Å². The molecule has 0 radical (unpaired) electrons. The minimum atomic E-state index is -4.59. The largest absolute Gasteiger partial charge is 0.416 e. The Kier molecular flexibility index (Phi) is 4.66. The third kappa shape index (κ3) is 4.07. The molecule has 5 nitrogen and oxygen atoms in total. The van der Waals surface area contributed by atoms with E-state index in [1.54, 1.807) is 0 Å². The molecule has 21 heavy (non-hydrogen) atoms. The smallest absolute Gasteiger partial charge is 0.377 e. The Bertz CT molecular complexity index is 512. The molecule has 116 valence electrons. The van der Waals surface area contributed by atoms with Gasteiger partial charge in [0.25, 0.3) is 5.69 Å². The van der Waals surface area contributed by atoms with E-state index in [1.807, 2.05) is 0 Å². The average molecular weight is 303 g/mol. The van der Waals surface area contributed by atoms with Crippen LogP contribution < -0.4 is 10.6 Å². The molecular formula is C13H16F3N3O2. The average Bonchev–Trinajstić information content (AvgIpc) is 2.66. The Hall–Kier alpha value is -1.83. The molecule has 8 heteroatoms. The summed E-state index contributed by atoms with van der Waals surface area (Å²) >= 11 is 0.